The van der Waals surface area contributed by atoms with Crippen molar-refractivity contribution in [3.63, 3.8) is 0 Å². The molecule has 3 aromatic rings. The molecular weight excluding hydrogens is 426 g/mol. The molecular formula is C24H13N3O6. The zero-order chi connectivity index (χ0) is 23.3. The molecule has 1 aromatic carbocycles. The molecule has 0 fully saturated rings. The molecule has 9 nitrogen and oxygen atoms in total. The fourth-order valence-corrected chi connectivity index (χ4v) is 4.15. The quantitative estimate of drug-likeness (QED) is 0.601. The van der Waals surface area contributed by atoms with Gasteiger partial charge in [-0.3, -0.25) is 9.59 Å². The largest absolute Gasteiger partial charge is 0.490 e. The van der Waals surface area contributed by atoms with Crippen molar-refractivity contribution in [3.05, 3.63) is 95.4 Å². The molecule has 0 saturated heterocycles. The Morgan fingerprint density at radius 2 is 1.58 bits per heavy atom. The Morgan fingerprint density at radius 1 is 0.909 bits per heavy atom. The van der Waals surface area contributed by atoms with Gasteiger partial charge < -0.3 is 9.15 Å². The van der Waals surface area contributed by atoms with Gasteiger partial charge in [-0.15, -0.1) is 0 Å². The number of hydrogen-bond donors (Lipinski definition) is 0. The first-order valence-corrected chi connectivity index (χ1v) is 9.99. The van der Waals surface area contributed by atoms with Crippen LogP contribution in [0, 0.1) is 28.6 Å². The highest BCUT2D eigenvalue weighted by molar-refractivity contribution is 5.97. The van der Waals surface area contributed by atoms with Crippen LogP contribution in [0.1, 0.15) is 12.8 Å². The Kier molecular flexibility index (Phi) is 4.54. The van der Waals surface area contributed by atoms with E-state index in [9.17, 15) is 24.4 Å². The maximum absolute atomic E-state index is 13.0. The Hall–Kier alpha value is -4.76. The van der Waals surface area contributed by atoms with Crippen molar-refractivity contribution in [2.24, 2.45) is 5.92 Å². The van der Waals surface area contributed by atoms with E-state index in [1.54, 1.807) is 30.4 Å². The van der Waals surface area contributed by atoms with E-state index in [4.69, 9.17) is 10.00 Å². The second kappa shape index (κ2) is 7.43. The van der Waals surface area contributed by atoms with E-state index >= 15 is 0 Å². The number of rotatable bonds is 3. The highest BCUT2D eigenvalue weighted by Gasteiger charge is 2.25. The molecule has 0 aliphatic heterocycles. The van der Waals surface area contributed by atoms with Crippen LogP contribution in [-0.2, 0) is 4.74 Å². The van der Waals surface area contributed by atoms with Crippen LogP contribution in [0.25, 0.3) is 27.2 Å². The number of allylic oxidation sites excluding steroid dienone is 6. The molecule has 0 spiro atoms. The van der Waals surface area contributed by atoms with E-state index in [-0.39, 0.29) is 34.4 Å². The van der Waals surface area contributed by atoms with Crippen LogP contribution in [0.2, 0.25) is 0 Å². The standard InChI is InChI=1S/C24H13N3O6/c25-10-12-4-5-16(6-13(12)11-26)32-15-3-1-2-14(7-15)27-21(28)17-8-19-20(9-18(17)22(27)29)24(31)33-23(19)30/h1-5,8-9,13,15H,6-7H2. The minimum atomic E-state index is -0.852. The smallest absolute Gasteiger partial charge is 0.346 e. The molecule has 5 rings (SSSR count). The summed E-state index contributed by atoms with van der Waals surface area (Å²) in [5, 5.41) is 18.3. The predicted octanol–water partition coefficient (Wildman–Crippen LogP) is 1.77. The second-order valence-electron chi connectivity index (χ2n) is 7.72. The first-order valence-electron chi connectivity index (χ1n) is 9.99. The van der Waals surface area contributed by atoms with Crippen LogP contribution in [0.15, 0.2) is 77.4 Å². The van der Waals surface area contributed by atoms with Gasteiger partial charge in [-0.05, 0) is 36.4 Å². The average molecular weight is 439 g/mol. The molecule has 0 saturated carbocycles. The summed E-state index contributed by atoms with van der Waals surface area (Å²) in [6.07, 6.45) is 8.18. The Labute approximate surface area is 184 Å². The minimum absolute atomic E-state index is 0.0272. The normalized spacial score (nSPS) is 20.1. The van der Waals surface area contributed by atoms with Crippen molar-refractivity contribution in [2.75, 3.05) is 0 Å². The fourth-order valence-electron chi connectivity index (χ4n) is 4.15. The fraction of sp³-hybridized carbons (Fsp3) is 0.167. The highest BCUT2D eigenvalue weighted by atomic mass is 16.5. The molecule has 160 valence electrons. The van der Waals surface area contributed by atoms with E-state index < -0.39 is 34.4 Å². The topological polar surface area (TPSA) is 143 Å². The average Bonchev–Trinajstić information content (AvgIpc) is 3.24. The zero-order valence-electron chi connectivity index (χ0n) is 16.9. The molecule has 2 aliphatic carbocycles. The summed E-state index contributed by atoms with van der Waals surface area (Å²) in [4.78, 5) is 49.7. The van der Waals surface area contributed by atoms with Crippen LogP contribution < -0.4 is 22.4 Å². The number of benzene rings is 1. The molecule has 0 radical (unpaired) electrons. The first-order chi connectivity index (χ1) is 15.9. The minimum Gasteiger partial charge on any atom is -0.490 e. The summed E-state index contributed by atoms with van der Waals surface area (Å²) in [7, 11) is 0. The van der Waals surface area contributed by atoms with Crippen LogP contribution >= 0.6 is 0 Å². The van der Waals surface area contributed by atoms with Crippen molar-refractivity contribution >= 4 is 27.2 Å². The third kappa shape index (κ3) is 3.15. The van der Waals surface area contributed by atoms with Crippen molar-refractivity contribution < 1.29 is 9.15 Å². The zero-order valence-corrected chi connectivity index (χ0v) is 16.9. The molecule has 33 heavy (non-hydrogen) atoms. The molecule has 2 heterocycles. The van der Waals surface area contributed by atoms with E-state index in [0.29, 0.717) is 17.0 Å². The van der Waals surface area contributed by atoms with Gasteiger partial charge in [0.05, 0.1) is 45.4 Å². The lowest BCUT2D eigenvalue weighted by Crippen LogP contribution is -2.28. The summed E-state index contributed by atoms with van der Waals surface area (Å²) in [6, 6.07) is 6.52. The number of nitrogens with zero attached hydrogens (tertiary/aromatic N) is 3. The van der Waals surface area contributed by atoms with Crippen molar-refractivity contribution in [3.8, 4) is 12.1 Å². The summed E-state index contributed by atoms with van der Waals surface area (Å²) < 4.78 is 11.5. The molecule has 2 atom stereocenters. The third-order valence-corrected chi connectivity index (χ3v) is 5.78. The molecule has 0 bridgehead atoms. The SMILES string of the molecule is N#CC1=CC=C(OC2C=CC=C(n3c(=O)c4cc5c(=O)oc(=O)c5cc4c3=O)C2)CC1C#N. The summed E-state index contributed by atoms with van der Waals surface area (Å²) in [6.45, 7) is 0. The van der Waals surface area contributed by atoms with Crippen molar-refractivity contribution in [1.82, 2.24) is 4.57 Å². The van der Waals surface area contributed by atoms with Crippen LogP contribution in [0.4, 0.5) is 0 Å². The van der Waals surface area contributed by atoms with Crippen molar-refractivity contribution in [1.29, 1.82) is 10.5 Å². The number of furan rings is 1. The Balaban J connectivity index is 1.49. The van der Waals surface area contributed by atoms with Crippen molar-refractivity contribution in [2.45, 2.75) is 18.9 Å². The summed E-state index contributed by atoms with van der Waals surface area (Å²) >= 11 is 0. The van der Waals surface area contributed by atoms with E-state index in [2.05, 4.69) is 10.5 Å². The molecule has 2 aromatic heterocycles. The molecule has 0 N–H and O–H groups in total. The van der Waals surface area contributed by atoms with Gasteiger partial charge in [-0.1, -0.05) is 6.08 Å². The Bertz CT molecular complexity index is 1680. The third-order valence-electron chi connectivity index (χ3n) is 5.78. The first kappa shape index (κ1) is 20.2. The van der Waals surface area contributed by atoms with Crippen LogP contribution in [0.5, 0.6) is 0 Å². The second-order valence-corrected chi connectivity index (χ2v) is 7.72. The van der Waals surface area contributed by atoms with Gasteiger partial charge in [0.1, 0.15) is 6.10 Å². The number of aromatic nitrogens is 1. The maximum atomic E-state index is 13.0. The molecule has 9 heteroatoms. The van der Waals surface area contributed by atoms with E-state index in [1.165, 1.54) is 12.1 Å². The lowest BCUT2D eigenvalue weighted by Gasteiger charge is -2.24. The number of ether oxygens (including phenoxy) is 1. The number of nitriles is 2. The maximum Gasteiger partial charge on any atom is 0.346 e. The predicted molar refractivity (Wildman–Crippen MR) is 118 cm³/mol. The molecule has 0 amide bonds. The lowest BCUT2D eigenvalue weighted by molar-refractivity contribution is 0.145. The van der Waals surface area contributed by atoms with Gasteiger partial charge in [0.25, 0.3) is 11.1 Å². The van der Waals surface area contributed by atoms with Crippen LogP contribution in [-0.4, -0.2) is 10.7 Å². The number of fused-ring (bicyclic) bond motifs is 2. The van der Waals surface area contributed by atoms with Gasteiger partial charge in [0.2, 0.25) is 0 Å². The van der Waals surface area contributed by atoms with Gasteiger partial charge in [0.15, 0.2) is 0 Å². The van der Waals surface area contributed by atoms with Crippen LogP contribution in [0.3, 0.4) is 0 Å². The molecule has 2 aliphatic rings. The molecule has 2 unspecified atom stereocenters. The summed E-state index contributed by atoms with van der Waals surface area (Å²) in [5.41, 5.74) is -2.15. The summed E-state index contributed by atoms with van der Waals surface area (Å²) in [5.74, 6) is -0.0718. The van der Waals surface area contributed by atoms with Gasteiger partial charge in [-0.2, -0.15) is 10.5 Å². The van der Waals surface area contributed by atoms with E-state index in [1.807, 2.05) is 6.07 Å². The van der Waals surface area contributed by atoms with Gasteiger partial charge >= 0.3 is 11.3 Å². The van der Waals surface area contributed by atoms with Gasteiger partial charge in [0, 0.05) is 24.1 Å². The monoisotopic (exact) mass is 439 g/mol. The lowest BCUT2D eigenvalue weighted by atomic mass is 9.92. The van der Waals surface area contributed by atoms with Gasteiger partial charge in [-0.25, -0.2) is 14.2 Å². The van der Waals surface area contributed by atoms with E-state index in [0.717, 1.165) is 4.57 Å². The number of hydrogen-bond acceptors (Lipinski definition) is 8. The Morgan fingerprint density at radius 3 is 2.18 bits per heavy atom. The highest BCUT2D eigenvalue weighted by Crippen LogP contribution is 2.28.